The second kappa shape index (κ2) is 11.0. The predicted octanol–water partition coefficient (Wildman–Crippen LogP) is 3.58. The van der Waals surface area contributed by atoms with Gasteiger partial charge in [0.1, 0.15) is 0 Å². The van der Waals surface area contributed by atoms with Crippen molar-refractivity contribution >= 4 is 15.9 Å². The Hall–Kier alpha value is -2.62. The lowest BCUT2D eigenvalue weighted by Gasteiger charge is -2.44. The van der Waals surface area contributed by atoms with E-state index in [1.165, 1.54) is 0 Å². The van der Waals surface area contributed by atoms with Crippen molar-refractivity contribution in [1.29, 1.82) is 0 Å². The van der Waals surface area contributed by atoms with Gasteiger partial charge in [-0.15, -0.1) is 0 Å². The van der Waals surface area contributed by atoms with Gasteiger partial charge < -0.3 is 14.4 Å². The number of rotatable bonds is 9. The van der Waals surface area contributed by atoms with Gasteiger partial charge >= 0.3 is 0 Å². The molecule has 0 aromatic heterocycles. The zero-order valence-corrected chi connectivity index (χ0v) is 23.3. The fourth-order valence-corrected chi connectivity index (χ4v) is 6.91. The van der Waals surface area contributed by atoms with Gasteiger partial charge in [-0.1, -0.05) is 37.6 Å². The molecule has 202 valence electrons. The molecule has 2 aliphatic heterocycles. The van der Waals surface area contributed by atoms with E-state index in [0.717, 1.165) is 17.5 Å². The van der Waals surface area contributed by atoms with Crippen LogP contribution >= 0.6 is 0 Å². The molecule has 9 heteroatoms. The summed E-state index contributed by atoms with van der Waals surface area (Å²) in [6.45, 7) is 7.43. The molecule has 0 saturated carbocycles. The molecular weight excluding hydrogens is 490 g/mol. The third-order valence-corrected chi connectivity index (χ3v) is 9.42. The number of carbonyl (C=O) groups is 1. The van der Waals surface area contributed by atoms with Gasteiger partial charge in [-0.05, 0) is 68.4 Å². The Bertz CT molecular complexity index is 1200. The minimum Gasteiger partial charge on any atom is -0.493 e. The number of benzene rings is 2. The van der Waals surface area contributed by atoms with Crippen molar-refractivity contribution in [2.75, 3.05) is 33.9 Å². The van der Waals surface area contributed by atoms with Crippen molar-refractivity contribution in [1.82, 2.24) is 14.5 Å². The molecule has 2 aromatic rings. The Morgan fingerprint density at radius 1 is 1.03 bits per heavy atom. The van der Waals surface area contributed by atoms with Gasteiger partial charge in [0.15, 0.2) is 11.5 Å². The molecule has 1 amide bonds. The van der Waals surface area contributed by atoms with E-state index in [1.54, 1.807) is 30.7 Å². The van der Waals surface area contributed by atoms with Crippen molar-refractivity contribution in [2.24, 2.45) is 5.92 Å². The molecule has 2 heterocycles. The number of piperidine rings is 1. The molecule has 1 atom stereocenters. The SMILES string of the molecule is COc1ccc(CCN2C(=O)[C@H](CC(C)C)NC23CCN(S(=O)(=O)c2ccc(C)cc2)CC3)cc1OC. The number of aryl methyl sites for hydroxylation is 1. The first-order valence-corrected chi connectivity index (χ1v) is 14.4. The summed E-state index contributed by atoms with van der Waals surface area (Å²) < 4.78 is 38.9. The highest BCUT2D eigenvalue weighted by Gasteiger charge is 2.52. The van der Waals surface area contributed by atoms with E-state index in [-0.39, 0.29) is 11.9 Å². The van der Waals surface area contributed by atoms with Crippen LogP contribution in [0, 0.1) is 12.8 Å². The molecule has 0 radical (unpaired) electrons. The monoisotopic (exact) mass is 529 g/mol. The molecule has 0 unspecified atom stereocenters. The van der Waals surface area contributed by atoms with Crippen LogP contribution in [0.3, 0.4) is 0 Å². The van der Waals surface area contributed by atoms with Crippen LogP contribution in [0.5, 0.6) is 11.5 Å². The lowest BCUT2D eigenvalue weighted by molar-refractivity contribution is -0.133. The van der Waals surface area contributed by atoms with Crippen LogP contribution < -0.4 is 14.8 Å². The molecule has 2 fully saturated rings. The highest BCUT2D eigenvalue weighted by atomic mass is 32.2. The Morgan fingerprint density at radius 2 is 1.68 bits per heavy atom. The van der Waals surface area contributed by atoms with E-state index in [0.29, 0.717) is 61.2 Å². The van der Waals surface area contributed by atoms with E-state index in [2.05, 4.69) is 19.2 Å². The van der Waals surface area contributed by atoms with E-state index in [9.17, 15) is 13.2 Å². The van der Waals surface area contributed by atoms with Gasteiger partial charge in [0.2, 0.25) is 15.9 Å². The summed E-state index contributed by atoms with van der Waals surface area (Å²) in [6, 6.07) is 12.5. The standard InChI is InChI=1S/C28H39N3O5S/c1-20(2)18-24-27(32)31(15-12-22-8-11-25(35-4)26(19-22)36-5)28(29-24)13-16-30(17-14-28)37(33,34)23-9-6-21(3)7-10-23/h6-11,19-20,24,29H,12-18H2,1-5H3/t24-/m0/s1. The molecule has 2 aromatic carbocycles. The van der Waals surface area contributed by atoms with E-state index < -0.39 is 15.7 Å². The summed E-state index contributed by atoms with van der Waals surface area (Å²) in [6.07, 6.45) is 2.50. The number of hydrogen-bond acceptors (Lipinski definition) is 6. The number of ether oxygens (including phenoxy) is 2. The Balaban J connectivity index is 1.52. The summed E-state index contributed by atoms with van der Waals surface area (Å²) in [5, 5.41) is 3.64. The van der Waals surface area contributed by atoms with Crippen LogP contribution in [0.4, 0.5) is 0 Å². The highest BCUT2D eigenvalue weighted by molar-refractivity contribution is 7.89. The summed E-state index contributed by atoms with van der Waals surface area (Å²) in [4.78, 5) is 15.9. The van der Waals surface area contributed by atoms with Crippen LogP contribution in [0.15, 0.2) is 47.4 Å². The summed E-state index contributed by atoms with van der Waals surface area (Å²) >= 11 is 0. The lowest BCUT2D eigenvalue weighted by atomic mass is 9.96. The quantitative estimate of drug-likeness (QED) is 0.534. The summed E-state index contributed by atoms with van der Waals surface area (Å²) in [7, 11) is -0.364. The van der Waals surface area contributed by atoms with Gasteiger partial charge in [0.05, 0.1) is 30.8 Å². The van der Waals surface area contributed by atoms with Crippen molar-refractivity contribution in [3.63, 3.8) is 0 Å². The third kappa shape index (κ3) is 5.63. The highest BCUT2D eigenvalue weighted by Crippen LogP contribution is 2.36. The molecule has 0 bridgehead atoms. The van der Waals surface area contributed by atoms with Gasteiger partial charge in [-0.25, -0.2) is 8.42 Å². The molecule has 1 N–H and O–H groups in total. The lowest BCUT2D eigenvalue weighted by Crippen LogP contribution is -2.59. The number of nitrogens with one attached hydrogen (secondary N) is 1. The zero-order chi connectivity index (χ0) is 26.8. The minimum absolute atomic E-state index is 0.101. The number of amides is 1. The molecular formula is C28H39N3O5S. The summed E-state index contributed by atoms with van der Waals surface area (Å²) in [5.74, 6) is 1.80. The minimum atomic E-state index is -3.58. The van der Waals surface area contributed by atoms with Crippen molar-refractivity contribution < 1.29 is 22.7 Å². The van der Waals surface area contributed by atoms with Crippen molar-refractivity contribution in [2.45, 2.75) is 63.1 Å². The van der Waals surface area contributed by atoms with E-state index in [4.69, 9.17) is 9.47 Å². The average Bonchev–Trinajstić information content (AvgIpc) is 3.12. The molecule has 1 spiro atoms. The number of sulfonamides is 1. The average molecular weight is 530 g/mol. The van der Waals surface area contributed by atoms with Crippen LogP contribution in [-0.4, -0.2) is 69.1 Å². The zero-order valence-electron chi connectivity index (χ0n) is 22.5. The third-order valence-electron chi connectivity index (χ3n) is 7.51. The first kappa shape index (κ1) is 27.4. The maximum Gasteiger partial charge on any atom is 0.243 e. The predicted molar refractivity (Wildman–Crippen MR) is 143 cm³/mol. The molecule has 4 rings (SSSR count). The molecule has 2 aliphatic rings. The van der Waals surface area contributed by atoms with Crippen LogP contribution in [0.2, 0.25) is 0 Å². The van der Waals surface area contributed by atoms with Gasteiger partial charge in [-0.2, -0.15) is 4.31 Å². The number of nitrogens with zero attached hydrogens (tertiary/aromatic N) is 2. The first-order valence-electron chi connectivity index (χ1n) is 13.0. The Morgan fingerprint density at radius 3 is 2.27 bits per heavy atom. The topological polar surface area (TPSA) is 88.2 Å². The van der Waals surface area contributed by atoms with Crippen LogP contribution in [0.1, 0.15) is 44.2 Å². The van der Waals surface area contributed by atoms with Gasteiger partial charge in [-0.3, -0.25) is 10.1 Å². The summed E-state index contributed by atoms with van der Waals surface area (Å²) in [5.41, 5.74) is 1.52. The second-order valence-corrected chi connectivity index (χ2v) is 12.4. The number of hydrogen-bond donors (Lipinski definition) is 1. The largest absolute Gasteiger partial charge is 0.493 e. The van der Waals surface area contributed by atoms with Crippen LogP contribution in [-0.2, 0) is 21.2 Å². The Labute approximate surface area is 221 Å². The van der Waals surface area contributed by atoms with Gasteiger partial charge in [0, 0.05) is 19.6 Å². The molecule has 0 aliphatic carbocycles. The van der Waals surface area contributed by atoms with Crippen LogP contribution in [0.25, 0.3) is 0 Å². The maximum atomic E-state index is 13.6. The van der Waals surface area contributed by atoms with Gasteiger partial charge in [0.25, 0.3) is 0 Å². The number of methoxy groups -OCH3 is 2. The first-order chi connectivity index (χ1) is 17.6. The smallest absolute Gasteiger partial charge is 0.243 e. The molecule has 37 heavy (non-hydrogen) atoms. The Kier molecular flexibility index (Phi) is 8.16. The fraction of sp³-hybridized carbons (Fsp3) is 0.536. The van der Waals surface area contributed by atoms with Crippen molar-refractivity contribution in [3.05, 3.63) is 53.6 Å². The normalized spacial score (nSPS) is 20.1. The van der Waals surface area contributed by atoms with E-state index >= 15 is 0 Å². The van der Waals surface area contributed by atoms with E-state index in [1.807, 2.05) is 42.2 Å². The number of carbonyl (C=O) groups excluding carboxylic acids is 1. The second-order valence-electron chi connectivity index (χ2n) is 10.5. The molecule has 2 saturated heterocycles. The van der Waals surface area contributed by atoms with Crippen molar-refractivity contribution in [3.8, 4) is 11.5 Å². The molecule has 8 nitrogen and oxygen atoms in total. The fourth-order valence-electron chi connectivity index (χ4n) is 5.47. The maximum absolute atomic E-state index is 13.6.